The summed E-state index contributed by atoms with van der Waals surface area (Å²) < 4.78 is 14.4. The number of nitrogens with zero attached hydrogens (tertiary/aromatic N) is 1. The number of rotatable bonds is 5. The van der Waals surface area contributed by atoms with E-state index in [4.69, 9.17) is 11.6 Å². The van der Waals surface area contributed by atoms with E-state index in [1.807, 2.05) is 30.3 Å². The lowest BCUT2D eigenvalue weighted by atomic mass is 10.1. The SMILES string of the molecule is O=C1C(SCc2ccccc2)=C(c2ccc(Cl)cc2)C(=O)N1c1ccccc1F. The minimum atomic E-state index is -0.626. The first kappa shape index (κ1) is 19.4. The molecule has 3 aromatic carbocycles. The summed E-state index contributed by atoms with van der Waals surface area (Å²) in [7, 11) is 0. The summed E-state index contributed by atoms with van der Waals surface area (Å²) in [6.45, 7) is 0. The van der Waals surface area contributed by atoms with E-state index in [9.17, 15) is 14.0 Å². The highest BCUT2D eigenvalue weighted by Crippen LogP contribution is 2.40. The van der Waals surface area contributed by atoms with E-state index >= 15 is 0 Å². The standard InChI is InChI=1S/C23H15ClFNO2S/c24-17-12-10-16(11-13-17)20-21(29-14-15-6-2-1-3-7-15)23(28)26(22(20)27)19-9-5-4-8-18(19)25/h1-13H,14H2. The van der Waals surface area contributed by atoms with Crippen molar-refractivity contribution in [2.75, 3.05) is 4.90 Å². The van der Waals surface area contributed by atoms with Crippen LogP contribution in [0.5, 0.6) is 0 Å². The van der Waals surface area contributed by atoms with Gasteiger partial charge in [-0.2, -0.15) is 0 Å². The molecule has 0 spiro atoms. The van der Waals surface area contributed by atoms with Crippen LogP contribution >= 0.6 is 23.4 Å². The Morgan fingerprint density at radius 1 is 0.828 bits per heavy atom. The largest absolute Gasteiger partial charge is 0.272 e. The molecule has 1 heterocycles. The zero-order chi connectivity index (χ0) is 20.4. The molecule has 3 aromatic rings. The van der Waals surface area contributed by atoms with Crippen molar-refractivity contribution in [1.29, 1.82) is 0 Å². The van der Waals surface area contributed by atoms with Crippen molar-refractivity contribution in [3.05, 3.63) is 106 Å². The number of para-hydroxylation sites is 1. The van der Waals surface area contributed by atoms with Gasteiger partial charge in [0.1, 0.15) is 5.82 Å². The summed E-state index contributed by atoms with van der Waals surface area (Å²) in [4.78, 5) is 27.6. The van der Waals surface area contributed by atoms with Gasteiger partial charge in [0.25, 0.3) is 11.8 Å². The molecule has 0 unspecified atom stereocenters. The number of benzene rings is 3. The molecule has 0 saturated heterocycles. The van der Waals surface area contributed by atoms with Gasteiger partial charge < -0.3 is 0 Å². The Balaban J connectivity index is 1.76. The maximum absolute atomic E-state index is 14.4. The Labute approximate surface area is 176 Å². The highest BCUT2D eigenvalue weighted by atomic mass is 35.5. The summed E-state index contributed by atoms with van der Waals surface area (Å²) in [6, 6.07) is 22.1. The summed E-state index contributed by atoms with van der Waals surface area (Å²) >= 11 is 7.25. The smallest absolute Gasteiger partial charge is 0.268 e. The molecule has 0 fully saturated rings. The highest BCUT2D eigenvalue weighted by molar-refractivity contribution is 8.03. The predicted octanol–water partition coefficient (Wildman–Crippen LogP) is 5.70. The fourth-order valence-electron chi connectivity index (χ4n) is 3.10. The predicted molar refractivity (Wildman–Crippen MR) is 115 cm³/mol. The lowest BCUT2D eigenvalue weighted by Crippen LogP contribution is -2.32. The van der Waals surface area contributed by atoms with Gasteiger partial charge in [-0.15, -0.1) is 11.8 Å². The van der Waals surface area contributed by atoms with Gasteiger partial charge in [0.2, 0.25) is 0 Å². The van der Waals surface area contributed by atoms with Crippen LogP contribution in [0.3, 0.4) is 0 Å². The monoisotopic (exact) mass is 423 g/mol. The molecule has 4 rings (SSSR count). The van der Waals surface area contributed by atoms with Crippen LogP contribution in [0.25, 0.3) is 5.57 Å². The van der Waals surface area contributed by atoms with Gasteiger partial charge in [-0.3, -0.25) is 9.59 Å². The molecule has 0 bridgehead atoms. The summed E-state index contributed by atoms with van der Waals surface area (Å²) in [5.74, 6) is -1.18. The van der Waals surface area contributed by atoms with E-state index in [0.717, 1.165) is 10.5 Å². The van der Waals surface area contributed by atoms with E-state index < -0.39 is 17.6 Å². The maximum atomic E-state index is 14.4. The zero-order valence-corrected chi connectivity index (χ0v) is 16.7. The first-order chi connectivity index (χ1) is 14.1. The molecule has 0 aliphatic carbocycles. The maximum Gasteiger partial charge on any atom is 0.272 e. The van der Waals surface area contributed by atoms with Gasteiger partial charge in [-0.05, 0) is 35.4 Å². The minimum absolute atomic E-state index is 0.0516. The van der Waals surface area contributed by atoms with Gasteiger partial charge in [-0.1, -0.05) is 66.2 Å². The fourth-order valence-corrected chi connectivity index (χ4v) is 4.29. The zero-order valence-electron chi connectivity index (χ0n) is 15.1. The Bertz CT molecular complexity index is 1110. The Hall–Kier alpha value is -2.89. The number of halogens is 2. The van der Waals surface area contributed by atoms with Crippen molar-refractivity contribution in [3.63, 3.8) is 0 Å². The van der Waals surface area contributed by atoms with Gasteiger partial charge in [-0.25, -0.2) is 9.29 Å². The van der Waals surface area contributed by atoms with E-state index in [1.165, 1.54) is 30.0 Å². The van der Waals surface area contributed by atoms with Crippen molar-refractivity contribution in [1.82, 2.24) is 0 Å². The molecule has 144 valence electrons. The first-order valence-corrected chi connectivity index (χ1v) is 10.2. The summed E-state index contributed by atoms with van der Waals surface area (Å²) in [6.07, 6.45) is 0. The first-order valence-electron chi connectivity index (χ1n) is 8.86. The third-order valence-corrected chi connectivity index (χ3v) is 5.89. The van der Waals surface area contributed by atoms with Gasteiger partial charge >= 0.3 is 0 Å². The molecule has 1 aliphatic rings. The van der Waals surface area contributed by atoms with Crippen molar-refractivity contribution >= 4 is 46.4 Å². The van der Waals surface area contributed by atoms with Crippen LogP contribution in [-0.2, 0) is 15.3 Å². The Morgan fingerprint density at radius 3 is 2.17 bits per heavy atom. The normalized spacial score (nSPS) is 14.1. The fraction of sp³-hybridized carbons (Fsp3) is 0.0435. The van der Waals surface area contributed by atoms with Crippen LogP contribution in [0.1, 0.15) is 11.1 Å². The second-order valence-corrected chi connectivity index (χ2v) is 7.80. The Morgan fingerprint density at radius 2 is 1.48 bits per heavy atom. The van der Waals surface area contributed by atoms with Crippen molar-refractivity contribution in [2.24, 2.45) is 0 Å². The molecule has 6 heteroatoms. The number of hydrogen-bond donors (Lipinski definition) is 0. The molecule has 2 amide bonds. The molecule has 1 aliphatic heterocycles. The molecule has 0 N–H and O–H groups in total. The second kappa shape index (κ2) is 8.23. The van der Waals surface area contributed by atoms with Crippen molar-refractivity contribution in [2.45, 2.75) is 5.75 Å². The third-order valence-electron chi connectivity index (χ3n) is 4.49. The van der Waals surface area contributed by atoms with E-state index in [-0.39, 0.29) is 11.3 Å². The van der Waals surface area contributed by atoms with Gasteiger partial charge in [0.15, 0.2) is 0 Å². The number of amides is 2. The van der Waals surface area contributed by atoms with Crippen LogP contribution < -0.4 is 4.90 Å². The number of carbonyl (C=O) groups excluding carboxylic acids is 2. The van der Waals surface area contributed by atoms with Gasteiger partial charge in [0.05, 0.1) is 16.2 Å². The highest BCUT2D eigenvalue weighted by Gasteiger charge is 2.41. The number of thioether (sulfide) groups is 1. The molecule has 0 saturated carbocycles. The van der Waals surface area contributed by atoms with E-state index in [0.29, 0.717) is 21.2 Å². The van der Waals surface area contributed by atoms with Gasteiger partial charge in [0, 0.05) is 10.8 Å². The third kappa shape index (κ3) is 3.84. The quantitative estimate of drug-likeness (QED) is 0.494. The lowest BCUT2D eigenvalue weighted by molar-refractivity contribution is -0.119. The Kier molecular flexibility index (Phi) is 5.51. The average Bonchev–Trinajstić information content (AvgIpc) is 2.98. The number of hydrogen-bond acceptors (Lipinski definition) is 3. The molecule has 29 heavy (non-hydrogen) atoms. The lowest BCUT2D eigenvalue weighted by Gasteiger charge is -2.15. The van der Waals surface area contributed by atoms with Crippen molar-refractivity contribution in [3.8, 4) is 0 Å². The second-order valence-electron chi connectivity index (χ2n) is 6.38. The molecular weight excluding hydrogens is 409 g/mol. The number of anilines is 1. The topological polar surface area (TPSA) is 37.4 Å². The van der Waals surface area contributed by atoms with Crippen LogP contribution in [-0.4, -0.2) is 11.8 Å². The van der Waals surface area contributed by atoms with E-state index in [2.05, 4.69) is 0 Å². The van der Waals surface area contributed by atoms with Crippen LogP contribution in [0, 0.1) is 5.82 Å². The molecular formula is C23H15ClFNO2S. The number of carbonyl (C=O) groups is 2. The summed E-state index contributed by atoms with van der Waals surface area (Å²) in [5, 5.41) is 0.524. The number of imide groups is 1. The molecule has 0 atom stereocenters. The van der Waals surface area contributed by atoms with E-state index in [1.54, 1.807) is 30.3 Å². The average molecular weight is 424 g/mol. The molecule has 0 radical (unpaired) electrons. The van der Waals surface area contributed by atoms with Crippen LogP contribution in [0.15, 0.2) is 83.8 Å². The minimum Gasteiger partial charge on any atom is -0.268 e. The summed E-state index contributed by atoms with van der Waals surface area (Å²) in [5.41, 5.74) is 1.80. The molecule has 0 aromatic heterocycles. The van der Waals surface area contributed by atoms with Crippen molar-refractivity contribution < 1.29 is 14.0 Å². The van der Waals surface area contributed by atoms with Crippen LogP contribution in [0.2, 0.25) is 5.02 Å². The van der Waals surface area contributed by atoms with Crippen LogP contribution in [0.4, 0.5) is 10.1 Å². The molecule has 3 nitrogen and oxygen atoms in total.